The first kappa shape index (κ1) is 15.9. The highest BCUT2D eigenvalue weighted by Gasteiger charge is 2.09. The van der Waals surface area contributed by atoms with Crippen LogP contribution in [-0.4, -0.2) is 13.5 Å². The van der Waals surface area contributed by atoms with Crippen LogP contribution in [0.2, 0.25) is 0 Å². The summed E-state index contributed by atoms with van der Waals surface area (Å²) in [5.41, 5.74) is 0. The Bertz CT molecular complexity index is 98.5. The molecule has 0 saturated heterocycles. The van der Waals surface area contributed by atoms with E-state index in [1.165, 1.54) is 38.5 Å². The van der Waals surface area contributed by atoms with E-state index in [4.69, 9.17) is 4.79 Å². The van der Waals surface area contributed by atoms with Crippen LogP contribution in [0.1, 0.15) is 59.3 Å². The fourth-order valence-electron chi connectivity index (χ4n) is 1.60. The van der Waals surface area contributed by atoms with Gasteiger partial charge < -0.3 is 5.32 Å². The van der Waals surface area contributed by atoms with Gasteiger partial charge in [0.25, 0.3) is 0 Å². The maximum Gasteiger partial charge on any atom is 0.206 e. The molecule has 0 bridgehead atoms. The number of carbonyl (C=O) groups excluding carboxylic acids is 1. The summed E-state index contributed by atoms with van der Waals surface area (Å²) >= 11 is 0. The maximum absolute atomic E-state index is 9.06. The first-order chi connectivity index (χ1) is 6.85. The van der Waals surface area contributed by atoms with E-state index in [0.717, 1.165) is 5.92 Å². The summed E-state index contributed by atoms with van der Waals surface area (Å²) in [7, 11) is 1.56. The summed E-state index contributed by atoms with van der Waals surface area (Å²) in [6.45, 7) is 6.32. The molecular weight excluding hydrogens is 174 g/mol. The molecule has 1 rings (SSSR count). The molecule has 0 radical (unpaired) electrons. The molecule has 2 nitrogen and oxygen atoms in total. The number of rotatable bonds is 2. The molecule has 2 heteroatoms. The predicted molar refractivity (Wildman–Crippen MR) is 63.3 cm³/mol. The summed E-state index contributed by atoms with van der Waals surface area (Å²) in [6, 6.07) is 0. The van der Waals surface area contributed by atoms with Gasteiger partial charge in [-0.15, -0.1) is 0 Å². The van der Waals surface area contributed by atoms with Gasteiger partial charge in [0.05, 0.1) is 0 Å². The standard InChI is InChI=1S/C8H16.C2H5NO.C2H6/c1-2-8-6-4-3-5-7-8;1-3-2-4;1-2/h8H,2-7H2,1H3;2H,1H3,(H,3,4);1-2H3. The van der Waals surface area contributed by atoms with E-state index >= 15 is 0 Å². The van der Waals surface area contributed by atoms with Crippen LogP contribution in [0.15, 0.2) is 0 Å². The van der Waals surface area contributed by atoms with Gasteiger partial charge in [-0.2, -0.15) is 0 Å². The molecule has 0 aromatic rings. The molecule has 1 aliphatic carbocycles. The third kappa shape index (κ3) is 11.5. The van der Waals surface area contributed by atoms with Crippen molar-refractivity contribution in [2.75, 3.05) is 7.05 Å². The zero-order valence-corrected chi connectivity index (χ0v) is 10.3. The zero-order valence-electron chi connectivity index (χ0n) is 10.3. The smallest absolute Gasteiger partial charge is 0.206 e. The molecule has 0 aromatic carbocycles. The van der Waals surface area contributed by atoms with Crippen molar-refractivity contribution in [2.24, 2.45) is 5.92 Å². The number of hydrogen-bond donors (Lipinski definition) is 1. The topological polar surface area (TPSA) is 29.1 Å². The Kier molecular flexibility index (Phi) is 17.0. The van der Waals surface area contributed by atoms with Gasteiger partial charge in [-0.25, -0.2) is 0 Å². The van der Waals surface area contributed by atoms with E-state index in [9.17, 15) is 0 Å². The summed E-state index contributed by atoms with van der Waals surface area (Å²) in [4.78, 5) is 9.06. The lowest BCUT2D eigenvalue weighted by molar-refractivity contribution is -0.109. The molecule has 14 heavy (non-hydrogen) atoms. The van der Waals surface area contributed by atoms with E-state index in [0.29, 0.717) is 6.41 Å². The monoisotopic (exact) mass is 201 g/mol. The molecule has 0 atom stereocenters. The lowest BCUT2D eigenvalue weighted by Crippen LogP contribution is -2.03. The number of nitrogens with one attached hydrogen (secondary N) is 1. The van der Waals surface area contributed by atoms with Crippen LogP contribution in [0.3, 0.4) is 0 Å². The van der Waals surface area contributed by atoms with Crippen molar-refractivity contribution in [1.82, 2.24) is 5.32 Å². The van der Waals surface area contributed by atoms with E-state index in [1.807, 2.05) is 13.8 Å². The van der Waals surface area contributed by atoms with E-state index in [1.54, 1.807) is 7.05 Å². The van der Waals surface area contributed by atoms with Crippen LogP contribution in [0.5, 0.6) is 0 Å². The second kappa shape index (κ2) is 15.0. The Hall–Kier alpha value is -0.530. The van der Waals surface area contributed by atoms with Gasteiger partial charge in [-0.1, -0.05) is 59.3 Å². The van der Waals surface area contributed by atoms with Crippen LogP contribution in [0, 0.1) is 5.92 Å². The second-order valence-electron chi connectivity index (χ2n) is 3.32. The maximum atomic E-state index is 9.06. The molecule has 0 aromatic heterocycles. The van der Waals surface area contributed by atoms with E-state index in [2.05, 4.69) is 12.2 Å². The fraction of sp³-hybridized carbons (Fsp3) is 0.917. The molecule has 0 aliphatic heterocycles. The highest BCUT2D eigenvalue weighted by molar-refractivity contribution is 5.44. The molecule has 1 saturated carbocycles. The minimum Gasteiger partial charge on any atom is -0.362 e. The Morgan fingerprint density at radius 3 is 1.86 bits per heavy atom. The van der Waals surface area contributed by atoms with Crippen molar-refractivity contribution < 1.29 is 4.79 Å². The fourth-order valence-corrected chi connectivity index (χ4v) is 1.60. The van der Waals surface area contributed by atoms with Crippen LogP contribution in [0.4, 0.5) is 0 Å². The summed E-state index contributed by atoms with van der Waals surface area (Å²) < 4.78 is 0. The predicted octanol–water partition coefficient (Wildman–Crippen LogP) is 3.37. The highest BCUT2D eigenvalue weighted by Crippen LogP contribution is 2.25. The average molecular weight is 201 g/mol. The molecular formula is C12H27NO. The molecule has 1 N–H and O–H groups in total. The summed E-state index contributed by atoms with van der Waals surface area (Å²) in [6.07, 6.45) is 9.56. The van der Waals surface area contributed by atoms with Gasteiger partial charge >= 0.3 is 0 Å². The number of amides is 1. The van der Waals surface area contributed by atoms with Gasteiger partial charge in [0.15, 0.2) is 0 Å². The SMILES string of the molecule is CC.CCC1CCCCC1.CNC=O. The third-order valence-corrected chi connectivity index (χ3v) is 2.42. The Morgan fingerprint density at radius 1 is 1.21 bits per heavy atom. The molecule has 86 valence electrons. The molecule has 1 fully saturated rings. The van der Waals surface area contributed by atoms with Crippen molar-refractivity contribution in [3.8, 4) is 0 Å². The lowest BCUT2D eigenvalue weighted by atomic mass is 9.88. The average Bonchev–Trinajstić information content (AvgIpc) is 2.33. The first-order valence-electron chi connectivity index (χ1n) is 5.96. The molecule has 0 unspecified atom stereocenters. The van der Waals surface area contributed by atoms with E-state index < -0.39 is 0 Å². The molecule has 1 amide bonds. The lowest BCUT2D eigenvalue weighted by Gasteiger charge is -2.18. The Morgan fingerprint density at radius 2 is 1.64 bits per heavy atom. The summed E-state index contributed by atoms with van der Waals surface area (Å²) in [5.74, 6) is 1.09. The van der Waals surface area contributed by atoms with Crippen LogP contribution < -0.4 is 5.32 Å². The minimum absolute atomic E-state index is 0.625. The normalized spacial score (nSPS) is 15.4. The minimum atomic E-state index is 0.625. The van der Waals surface area contributed by atoms with Crippen LogP contribution in [-0.2, 0) is 4.79 Å². The van der Waals surface area contributed by atoms with Crippen molar-refractivity contribution in [2.45, 2.75) is 59.3 Å². The molecule has 1 aliphatic rings. The number of hydrogen-bond acceptors (Lipinski definition) is 1. The van der Waals surface area contributed by atoms with Crippen molar-refractivity contribution in [3.63, 3.8) is 0 Å². The van der Waals surface area contributed by atoms with Crippen LogP contribution in [0.25, 0.3) is 0 Å². The third-order valence-electron chi connectivity index (χ3n) is 2.42. The van der Waals surface area contributed by atoms with Gasteiger partial charge in [0.1, 0.15) is 0 Å². The van der Waals surface area contributed by atoms with Crippen molar-refractivity contribution in [3.05, 3.63) is 0 Å². The number of carbonyl (C=O) groups is 1. The van der Waals surface area contributed by atoms with Gasteiger partial charge in [0, 0.05) is 7.05 Å². The van der Waals surface area contributed by atoms with Gasteiger partial charge in [-0.05, 0) is 5.92 Å². The Labute approximate surface area is 89.5 Å². The summed E-state index contributed by atoms with van der Waals surface area (Å²) in [5, 5.41) is 2.25. The highest BCUT2D eigenvalue weighted by atomic mass is 16.1. The second-order valence-corrected chi connectivity index (χ2v) is 3.32. The van der Waals surface area contributed by atoms with Gasteiger partial charge in [-0.3, -0.25) is 4.79 Å². The van der Waals surface area contributed by atoms with E-state index in [-0.39, 0.29) is 0 Å². The van der Waals surface area contributed by atoms with Crippen molar-refractivity contribution >= 4 is 6.41 Å². The molecule has 0 spiro atoms. The van der Waals surface area contributed by atoms with Gasteiger partial charge in [0.2, 0.25) is 6.41 Å². The quantitative estimate of drug-likeness (QED) is 0.682. The molecule has 0 heterocycles. The largest absolute Gasteiger partial charge is 0.362 e. The zero-order chi connectivity index (χ0) is 11.2. The van der Waals surface area contributed by atoms with Crippen molar-refractivity contribution in [1.29, 1.82) is 0 Å². The first-order valence-corrected chi connectivity index (χ1v) is 5.96. The van der Waals surface area contributed by atoms with Crippen LogP contribution >= 0.6 is 0 Å². The Balaban J connectivity index is 0.